The minimum atomic E-state index is -0.615. The topological polar surface area (TPSA) is 154 Å². The van der Waals surface area contributed by atoms with E-state index in [9.17, 15) is 14.4 Å². The molecule has 2 aromatic carbocycles. The standard InChI is InChI=1S/C26H24N8O4/c1-17-3-9-24(34-16-28-32-33-34)19(13-17)6-10-25(36)30-22(11-12-35)20-14-23(31-27-15-20)18-4-7-21(8-5-18)29-26(37)38-2/h3-10,12-16,22H,11H2,1-2H3,(H,29,37)(H,30,36)/b10-6+. The summed E-state index contributed by atoms with van der Waals surface area (Å²) >= 11 is 0. The monoisotopic (exact) mass is 512 g/mol. The first-order valence-corrected chi connectivity index (χ1v) is 11.5. The lowest BCUT2D eigenvalue weighted by Gasteiger charge is -2.16. The number of ether oxygens (including phenoxy) is 1. The summed E-state index contributed by atoms with van der Waals surface area (Å²) in [5.74, 6) is -0.391. The van der Waals surface area contributed by atoms with Crippen LogP contribution in [-0.4, -0.2) is 55.8 Å². The Morgan fingerprint density at radius 1 is 1.11 bits per heavy atom. The largest absolute Gasteiger partial charge is 0.453 e. The smallest absolute Gasteiger partial charge is 0.411 e. The summed E-state index contributed by atoms with van der Waals surface area (Å²) < 4.78 is 6.10. The second kappa shape index (κ2) is 12.1. The molecule has 12 heteroatoms. The molecule has 0 saturated carbocycles. The number of benzene rings is 2. The number of carbonyl (C=O) groups excluding carboxylic acids is 3. The highest BCUT2D eigenvalue weighted by Gasteiger charge is 2.16. The number of rotatable bonds is 9. The lowest BCUT2D eigenvalue weighted by atomic mass is 10.0. The van der Waals surface area contributed by atoms with E-state index in [2.05, 4.69) is 41.1 Å². The van der Waals surface area contributed by atoms with Crippen molar-refractivity contribution in [2.24, 2.45) is 0 Å². The van der Waals surface area contributed by atoms with Gasteiger partial charge in [-0.15, -0.1) is 5.10 Å². The second-order valence-corrected chi connectivity index (χ2v) is 8.18. The van der Waals surface area contributed by atoms with E-state index in [1.165, 1.54) is 30.4 Å². The molecule has 1 atom stereocenters. The van der Waals surface area contributed by atoms with Gasteiger partial charge in [0.05, 0.1) is 30.7 Å². The first-order valence-electron chi connectivity index (χ1n) is 11.5. The fraction of sp³-hybridized carbons (Fsp3) is 0.154. The molecule has 12 nitrogen and oxygen atoms in total. The summed E-state index contributed by atoms with van der Waals surface area (Å²) in [5.41, 5.74) is 4.91. The van der Waals surface area contributed by atoms with E-state index < -0.39 is 18.0 Å². The number of aromatic nitrogens is 6. The molecule has 0 aliphatic heterocycles. The van der Waals surface area contributed by atoms with Crippen molar-refractivity contribution in [2.45, 2.75) is 19.4 Å². The first kappa shape index (κ1) is 25.8. The zero-order valence-corrected chi connectivity index (χ0v) is 20.6. The van der Waals surface area contributed by atoms with E-state index in [1.807, 2.05) is 25.1 Å². The van der Waals surface area contributed by atoms with Crippen molar-refractivity contribution in [1.82, 2.24) is 35.7 Å². The van der Waals surface area contributed by atoms with Crippen LogP contribution in [-0.2, 0) is 14.3 Å². The van der Waals surface area contributed by atoms with Crippen LogP contribution in [0.4, 0.5) is 10.5 Å². The molecule has 1 unspecified atom stereocenters. The normalized spacial score (nSPS) is 11.6. The Morgan fingerprint density at radius 3 is 2.63 bits per heavy atom. The Labute approximate surface area is 217 Å². The Morgan fingerprint density at radius 2 is 1.92 bits per heavy atom. The number of nitrogens with one attached hydrogen (secondary N) is 2. The van der Waals surface area contributed by atoms with Gasteiger partial charge in [-0.3, -0.25) is 10.1 Å². The molecule has 0 fully saturated rings. The number of methoxy groups -OCH3 is 1. The third-order valence-corrected chi connectivity index (χ3v) is 5.53. The summed E-state index contributed by atoms with van der Waals surface area (Å²) in [6, 6.07) is 13.8. The van der Waals surface area contributed by atoms with Gasteiger partial charge in [0.2, 0.25) is 5.91 Å². The van der Waals surface area contributed by atoms with E-state index in [-0.39, 0.29) is 6.42 Å². The number of aryl methyl sites for hydroxylation is 1. The minimum absolute atomic E-state index is 0.0486. The van der Waals surface area contributed by atoms with Crippen LogP contribution in [0.15, 0.2) is 67.1 Å². The predicted octanol–water partition coefficient (Wildman–Crippen LogP) is 3.07. The minimum Gasteiger partial charge on any atom is -0.453 e. The molecule has 0 spiro atoms. The van der Waals surface area contributed by atoms with Crippen molar-refractivity contribution in [3.8, 4) is 16.9 Å². The summed E-state index contributed by atoms with van der Waals surface area (Å²) in [6.07, 6.45) is 6.24. The Hall–Kier alpha value is -5.26. The lowest BCUT2D eigenvalue weighted by Crippen LogP contribution is -2.27. The number of carbonyl (C=O) groups is 3. The quantitative estimate of drug-likeness (QED) is 0.254. The summed E-state index contributed by atoms with van der Waals surface area (Å²) in [6.45, 7) is 1.94. The van der Waals surface area contributed by atoms with Crippen LogP contribution >= 0.6 is 0 Å². The van der Waals surface area contributed by atoms with Crippen LogP contribution in [0.5, 0.6) is 0 Å². The molecule has 0 aliphatic carbocycles. The van der Waals surface area contributed by atoms with E-state index in [4.69, 9.17) is 0 Å². The van der Waals surface area contributed by atoms with Crippen molar-refractivity contribution in [1.29, 1.82) is 0 Å². The van der Waals surface area contributed by atoms with Gasteiger partial charge in [-0.1, -0.05) is 23.8 Å². The molecule has 192 valence electrons. The van der Waals surface area contributed by atoms with Gasteiger partial charge in [-0.2, -0.15) is 14.9 Å². The molecule has 4 aromatic rings. The SMILES string of the molecule is COC(=O)Nc1ccc(-c2cc(C(CC=O)NC(=O)/C=C/c3cc(C)ccc3-n3cnnn3)cnn2)cc1. The van der Waals surface area contributed by atoms with Crippen LogP contribution < -0.4 is 10.6 Å². The molecule has 2 N–H and O–H groups in total. The van der Waals surface area contributed by atoms with Gasteiger partial charge >= 0.3 is 6.09 Å². The molecule has 0 saturated heterocycles. The number of nitrogens with zero attached hydrogens (tertiary/aromatic N) is 6. The molecule has 0 bridgehead atoms. The molecule has 2 heterocycles. The van der Waals surface area contributed by atoms with E-state index in [0.29, 0.717) is 22.6 Å². The van der Waals surface area contributed by atoms with Crippen molar-refractivity contribution in [2.75, 3.05) is 12.4 Å². The average Bonchev–Trinajstić information content (AvgIpc) is 3.47. The maximum Gasteiger partial charge on any atom is 0.411 e. The van der Waals surface area contributed by atoms with Gasteiger partial charge < -0.3 is 14.8 Å². The number of anilines is 1. The van der Waals surface area contributed by atoms with Crippen molar-refractivity contribution in [3.05, 3.63) is 83.8 Å². The molecular formula is C26H24N8O4. The fourth-order valence-corrected chi connectivity index (χ4v) is 3.65. The summed E-state index contributed by atoms with van der Waals surface area (Å²) in [7, 11) is 1.28. The highest BCUT2D eigenvalue weighted by Crippen LogP contribution is 2.23. The van der Waals surface area contributed by atoms with Gasteiger partial charge in [0, 0.05) is 29.3 Å². The van der Waals surface area contributed by atoms with Gasteiger partial charge in [0.15, 0.2) is 0 Å². The number of aldehydes is 1. The number of hydrogen-bond donors (Lipinski definition) is 2. The fourth-order valence-electron chi connectivity index (χ4n) is 3.65. The summed E-state index contributed by atoms with van der Waals surface area (Å²) in [5, 5.41) is 24.9. The lowest BCUT2D eigenvalue weighted by molar-refractivity contribution is -0.117. The van der Waals surface area contributed by atoms with Crippen molar-refractivity contribution >= 4 is 30.0 Å². The van der Waals surface area contributed by atoms with E-state index >= 15 is 0 Å². The van der Waals surface area contributed by atoms with Crippen molar-refractivity contribution in [3.63, 3.8) is 0 Å². The van der Waals surface area contributed by atoms with Gasteiger partial charge in [0.1, 0.15) is 12.6 Å². The molecule has 4 rings (SSSR count). The first-order chi connectivity index (χ1) is 18.5. The van der Waals surface area contributed by atoms with Crippen LogP contribution in [0.2, 0.25) is 0 Å². The number of hydrogen-bond acceptors (Lipinski definition) is 9. The van der Waals surface area contributed by atoms with Gasteiger partial charge in [-0.05, 0) is 59.3 Å². The van der Waals surface area contributed by atoms with E-state index in [1.54, 1.807) is 36.4 Å². The maximum atomic E-state index is 12.8. The zero-order chi connectivity index (χ0) is 26.9. The summed E-state index contributed by atoms with van der Waals surface area (Å²) in [4.78, 5) is 35.6. The second-order valence-electron chi connectivity index (χ2n) is 8.18. The molecule has 0 radical (unpaired) electrons. The van der Waals surface area contributed by atoms with Crippen LogP contribution in [0.25, 0.3) is 23.0 Å². The van der Waals surface area contributed by atoms with Gasteiger partial charge in [0.25, 0.3) is 0 Å². The third kappa shape index (κ3) is 6.49. The van der Waals surface area contributed by atoms with Gasteiger partial charge in [-0.25, -0.2) is 4.79 Å². The molecule has 2 aromatic heterocycles. The molecule has 38 heavy (non-hydrogen) atoms. The van der Waals surface area contributed by atoms with Crippen LogP contribution in [0.3, 0.4) is 0 Å². The highest BCUT2D eigenvalue weighted by atomic mass is 16.5. The number of tetrazole rings is 1. The predicted molar refractivity (Wildman–Crippen MR) is 138 cm³/mol. The van der Waals surface area contributed by atoms with E-state index in [0.717, 1.165) is 23.0 Å². The highest BCUT2D eigenvalue weighted by molar-refractivity contribution is 5.92. The zero-order valence-electron chi connectivity index (χ0n) is 20.6. The molecule has 2 amide bonds. The van der Waals surface area contributed by atoms with Crippen LogP contribution in [0.1, 0.15) is 29.2 Å². The maximum absolute atomic E-state index is 12.8. The Bertz CT molecular complexity index is 1450. The Kier molecular flexibility index (Phi) is 8.24. The molecular weight excluding hydrogens is 488 g/mol. The number of amides is 2. The van der Waals surface area contributed by atoms with Crippen molar-refractivity contribution < 1.29 is 19.1 Å². The average molecular weight is 513 g/mol. The Balaban J connectivity index is 1.51. The molecule has 0 aliphatic rings. The van der Waals surface area contributed by atoms with Crippen LogP contribution in [0, 0.1) is 6.92 Å². The third-order valence-electron chi connectivity index (χ3n) is 5.53.